The molecule has 0 aliphatic carbocycles. The Morgan fingerprint density at radius 2 is 1.06 bits per heavy atom. The zero-order valence-corrected chi connectivity index (χ0v) is 30.5. The largest absolute Gasteiger partial charge is 0.310 e. The van der Waals surface area contributed by atoms with Gasteiger partial charge in [-0.15, -0.1) is 11.3 Å². The molecule has 250 valence electrons. The van der Waals surface area contributed by atoms with Crippen LogP contribution >= 0.6 is 11.3 Å². The number of nitrogens with zero attached hydrogens (tertiary/aromatic N) is 1. The number of anilines is 3. The predicted octanol–water partition coefficient (Wildman–Crippen LogP) is 15.0. The van der Waals surface area contributed by atoms with E-state index in [-0.39, 0.29) is 5.41 Å². The van der Waals surface area contributed by atoms with Gasteiger partial charge in [0.15, 0.2) is 0 Å². The maximum atomic E-state index is 2.44. The molecule has 9 rings (SSSR count). The van der Waals surface area contributed by atoms with E-state index < -0.39 is 0 Å². The average Bonchev–Trinajstić information content (AvgIpc) is 3.57. The Morgan fingerprint density at radius 3 is 1.87 bits per heavy atom. The Bertz CT molecular complexity index is 2710. The van der Waals surface area contributed by atoms with Crippen LogP contribution in [-0.2, 0) is 5.41 Å². The molecule has 1 nitrogen and oxygen atoms in total. The summed E-state index contributed by atoms with van der Waals surface area (Å²) in [5.41, 5.74) is 12.1. The molecule has 0 amide bonds. The molecule has 0 radical (unpaired) electrons. The van der Waals surface area contributed by atoms with Crippen LogP contribution in [-0.4, -0.2) is 0 Å². The number of hydrogen-bond acceptors (Lipinski definition) is 2. The van der Waals surface area contributed by atoms with Gasteiger partial charge in [0, 0.05) is 37.1 Å². The highest BCUT2D eigenvalue weighted by Crippen LogP contribution is 2.46. The Kier molecular flexibility index (Phi) is 7.98. The van der Waals surface area contributed by atoms with Gasteiger partial charge in [-0.3, -0.25) is 0 Å². The number of benzene rings is 8. The van der Waals surface area contributed by atoms with Crippen molar-refractivity contribution in [2.24, 2.45) is 0 Å². The third kappa shape index (κ3) is 5.66. The summed E-state index contributed by atoms with van der Waals surface area (Å²) in [6.45, 7) is 6.83. The van der Waals surface area contributed by atoms with Crippen LogP contribution in [0, 0.1) is 0 Å². The van der Waals surface area contributed by atoms with Crippen LogP contribution in [0.2, 0.25) is 0 Å². The third-order valence-electron chi connectivity index (χ3n) is 10.2. The fraction of sp³-hybridized carbons (Fsp3) is 0.0800. The van der Waals surface area contributed by atoms with Crippen LogP contribution in [0.1, 0.15) is 26.3 Å². The van der Waals surface area contributed by atoms with E-state index in [9.17, 15) is 0 Å². The molecule has 9 aromatic rings. The van der Waals surface area contributed by atoms with Gasteiger partial charge in [-0.05, 0) is 86.0 Å². The number of hydrogen-bond donors (Lipinski definition) is 0. The van der Waals surface area contributed by atoms with Crippen LogP contribution in [0.3, 0.4) is 0 Å². The number of fused-ring (bicyclic) bond motifs is 4. The molecule has 1 heterocycles. The van der Waals surface area contributed by atoms with E-state index >= 15 is 0 Å². The SMILES string of the molecule is CC(C)(C)c1ccc(N(c2cccc(-c3cccc4c3sc3ccccc34)c2)c2ccccc2-c2cccc3cccc(-c4ccccc4)c23)cc1. The van der Waals surface area contributed by atoms with E-state index in [0.29, 0.717) is 0 Å². The third-order valence-corrected chi connectivity index (χ3v) is 11.5. The first-order valence-corrected chi connectivity index (χ1v) is 18.8. The van der Waals surface area contributed by atoms with Gasteiger partial charge in [0.1, 0.15) is 0 Å². The summed E-state index contributed by atoms with van der Waals surface area (Å²) in [5.74, 6) is 0. The molecule has 52 heavy (non-hydrogen) atoms. The summed E-state index contributed by atoms with van der Waals surface area (Å²) in [6.07, 6.45) is 0. The van der Waals surface area contributed by atoms with Gasteiger partial charge in [-0.2, -0.15) is 0 Å². The topological polar surface area (TPSA) is 3.24 Å². The van der Waals surface area contributed by atoms with E-state index in [2.05, 4.69) is 208 Å². The molecular weight excluding hydrogens is 647 g/mol. The quantitative estimate of drug-likeness (QED) is 0.168. The Hall–Kier alpha value is -5.96. The predicted molar refractivity (Wildman–Crippen MR) is 227 cm³/mol. The van der Waals surface area contributed by atoms with Gasteiger partial charge >= 0.3 is 0 Å². The van der Waals surface area contributed by atoms with E-state index in [1.807, 2.05) is 11.3 Å². The minimum Gasteiger partial charge on any atom is -0.310 e. The van der Waals surface area contributed by atoms with Gasteiger partial charge in [0.05, 0.1) is 5.69 Å². The molecule has 0 saturated heterocycles. The monoisotopic (exact) mass is 685 g/mol. The van der Waals surface area contributed by atoms with Gasteiger partial charge in [-0.25, -0.2) is 0 Å². The minimum absolute atomic E-state index is 0.0565. The summed E-state index contributed by atoms with van der Waals surface area (Å²) in [4.78, 5) is 2.44. The zero-order chi connectivity index (χ0) is 35.2. The highest BCUT2D eigenvalue weighted by atomic mass is 32.1. The molecule has 2 heteroatoms. The van der Waals surface area contributed by atoms with Crippen molar-refractivity contribution < 1.29 is 0 Å². The van der Waals surface area contributed by atoms with Crippen molar-refractivity contribution >= 4 is 59.3 Å². The van der Waals surface area contributed by atoms with Crippen LogP contribution in [0.15, 0.2) is 182 Å². The van der Waals surface area contributed by atoms with E-state index in [1.54, 1.807) is 0 Å². The van der Waals surface area contributed by atoms with Gasteiger partial charge in [0.2, 0.25) is 0 Å². The highest BCUT2D eigenvalue weighted by Gasteiger charge is 2.21. The first-order valence-electron chi connectivity index (χ1n) is 18.0. The molecule has 0 N–H and O–H groups in total. The summed E-state index contributed by atoms with van der Waals surface area (Å²) in [6, 6.07) is 66.7. The molecule has 0 atom stereocenters. The number of rotatable bonds is 6. The van der Waals surface area contributed by atoms with Gasteiger partial charge in [0.25, 0.3) is 0 Å². The van der Waals surface area contributed by atoms with Crippen LogP contribution in [0.4, 0.5) is 17.1 Å². The average molecular weight is 686 g/mol. The second-order valence-electron chi connectivity index (χ2n) is 14.6. The van der Waals surface area contributed by atoms with Crippen molar-refractivity contribution in [1.29, 1.82) is 0 Å². The van der Waals surface area contributed by atoms with Crippen LogP contribution < -0.4 is 4.90 Å². The summed E-state index contributed by atoms with van der Waals surface area (Å²) in [5, 5.41) is 5.12. The molecule has 0 bridgehead atoms. The number of para-hydroxylation sites is 1. The lowest BCUT2D eigenvalue weighted by Gasteiger charge is -2.29. The maximum Gasteiger partial charge on any atom is 0.0540 e. The maximum absolute atomic E-state index is 2.44. The first-order chi connectivity index (χ1) is 25.4. The molecule has 0 aliphatic heterocycles. The van der Waals surface area contributed by atoms with Crippen molar-refractivity contribution in [1.82, 2.24) is 0 Å². The fourth-order valence-electron chi connectivity index (χ4n) is 7.64. The minimum atomic E-state index is 0.0565. The lowest BCUT2D eigenvalue weighted by atomic mass is 9.87. The smallest absolute Gasteiger partial charge is 0.0540 e. The van der Waals surface area contributed by atoms with Crippen molar-refractivity contribution in [3.05, 3.63) is 188 Å². The molecule has 0 saturated carbocycles. The molecule has 0 fully saturated rings. The fourth-order valence-corrected chi connectivity index (χ4v) is 8.88. The number of thiophene rings is 1. The van der Waals surface area contributed by atoms with Gasteiger partial charge < -0.3 is 4.90 Å². The molecular formula is C50H39NS. The van der Waals surface area contributed by atoms with Crippen LogP contribution in [0.25, 0.3) is 64.3 Å². The molecule has 0 unspecified atom stereocenters. The lowest BCUT2D eigenvalue weighted by molar-refractivity contribution is 0.590. The Morgan fingerprint density at radius 1 is 0.442 bits per heavy atom. The molecule has 0 aliphatic rings. The first kappa shape index (κ1) is 32.0. The summed E-state index contributed by atoms with van der Waals surface area (Å²) in [7, 11) is 0. The zero-order valence-electron chi connectivity index (χ0n) is 29.7. The molecule has 0 spiro atoms. The van der Waals surface area contributed by atoms with Crippen molar-refractivity contribution in [2.45, 2.75) is 26.2 Å². The normalized spacial score (nSPS) is 11.8. The molecule has 1 aromatic heterocycles. The standard InChI is InChI=1S/C50H39NS/c1-50(2,3)37-29-31-38(32-30-37)51(39-20-11-19-36(33-39)41-24-14-26-45-43-22-8-10-28-47(43)52-49(41)45)46-27-9-7-21-42(46)44-25-13-18-35-17-12-23-40(48(35)44)34-15-5-4-6-16-34/h4-33H,1-3H3. The van der Waals surface area contributed by atoms with Crippen LogP contribution in [0.5, 0.6) is 0 Å². The van der Waals surface area contributed by atoms with E-state index in [0.717, 1.165) is 17.1 Å². The van der Waals surface area contributed by atoms with Crippen molar-refractivity contribution in [3.63, 3.8) is 0 Å². The summed E-state index contributed by atoms with van der Waals surface area (Å²) >= 11 is 1.88. The molecule has 8 aromatic carbocycles. The Labute approximate surface area is 310 Å². The Balaban J connectivity index is 1.27. The highest BCUT2D eigenvalue weighted by molar-refractivity contribution is 7.26. The second-order valence-corrected chi connectivity index (χ2v) is 15.6. The second kappa shape index (κ2) is 13.0. The van der Waals surface area contributed by atoms with E-state index in [4.69, 9.17) is 0 Å². The van der Waals surface area contributed by atoms with Crippen molar-refractivity contribution in [2.75, 3.05) is 4.90 Å². The lowest BCUT2D eigenvalue weighted by Crippen LogP contribution is -2.14. The van der Waals surface area contributed by atoms with E-state index in [1.165, 1.54) is 69.9 Å². The van der Waals surface area contributed by atoms with Gasteiger partial charge in [-0.1, -0.05) is 166 Å². The van der Waals surface area contributed by atoms with Crippen molar-refractivity contribution in [3.8, 4) is 33.4 Å². The summed E-state index contributed by atoms with van der Waals surface area (Å²) < 4.78 is 2.65.